The van der Waals surface area contributed by atoms with E-state index < -0.39 is 14.9 Å². The zero-order valence-corrected chi connectivity index (χ0v) is 15.7. The van der Waals surface area contributed by atoms with E-state index in [1.165, 1.54) is 43.1 Å². The minimum Gasteiger partial charge on any atom is -0.494 e. The summed E-state index contributed by atoms with van der Waals surface area (Å²) in [4.78, 5) is 22.7. The number of anilines is 2. The van der Waals surface area contributed by atoms with Crippen LogP contribution in [0.5, 0.6) is 5.75 Å². The maximum absolute atomic E-state index is 12.7. The van der Waals surface area contributed by atoms with E-state index in [1.807, 2.05) is 0 Å². The number of nitro benzene ring substituents is 1. The van der Waals surface area contributed by atoms with Crippen molar-refractivity contribution in [1.82, 2.24) is 0 Å². The number of nitrogens with one attached hydrogen (secondary N) is 2. The van der Waals surface area contributed by atoms with E-state index in [0.717, 1.165) is 11.0 Å². The number of non-ortho nitro benzene ring substituents is 1. The Hall–Kier alpha value is -2.79. The summed E-state index contributed by atoms with van der Waals surface area (Å²) < 4.78 is 32.8. The molecule has 11 heteroatoms. The lowest BCUT2D eigenvalue weighted by Crippen LogP contribution is -2.15. The normalized spacial score (nSPS) is 13.9. The fraction of sp³-hybridized carbons (Fsp3) is 0.188. The molecular formula is C16H15N3O6S2. The summed E-state index contributed by atoms with van der Waals surface area (Å²) in [6.45, 7) is 0. The Kier molecular flexibility index (Phi) is 5.24. The van der Waals surface area contributed by atoms with Gasteiger partial charge in [-0.2, -0.15) is 0 Å². The average Bonchev–Trinajstić information content (AvgIpc) is 2.81. The molecule has 0 atom stereocenters. The molecule has 3 rings (SSSR count). The largest absolute Gasteiger partial charge is 0.494 e. The number of ether oxygens (including phenoxy) is 1. The second-order valence-electron chi connectivity index (χ2n) is 5.55. The summed E-state index contributed by atoms with van der Waals surface area (Å²) in [6.07, 6.45) is 0.347. The molecule has 2 N–H and O–H groups in total. The van der Waals surface area contributed by atoms with Gasteiger partial charge in [-0.3, -0.25) is 19.6 Å². The molecule has 0 unspecified atom stereocenters. The number of thioether (sulfide) groups is 1. The van der Waals surface area contributed by atoms with Crippen molar-refractivity contribution in [1.29, 1.82) is 0 Å². The van der Waals surface area contributed by atoms with Crippen LogP contribution < -0.4 is 14.8 Å². The molecule has 0 radical (unpaired) electrons. The van der Waals surface area contributed by atoms with Gasteiger partial charge in [-0.05, 0) is 24.3 Å². The van der Waals surface area contributed by atoms with Gasteiger partial charge < -0.3 is 10.1 Å². The number of hydrogen-bond donors (Lipinski definition) is 2. The SMILES string of the molecule is COc1cc([N+](=O)[O-])ccc1NS(=O)(=O)c1ccc2c(c1)NC(=O)CCS2. The number of amides is 1. The number of hydrogen-bond acceptors (Lipinski definition) is 7. The van der Waals surface area contributed by atoms with Crippen LogP contribution in [0.15, 0.2) is 46.2 Å². The molecule has 0 spiro atoms. The number of rotatable bonds is 5. The number of fused-ring (bicyclic) bond motifs is 1. The van der Waals surface area contributed by atoms with Crippen molar-refractivity contribution in [2.45, 2.75) is 16.2 Å². The summed E-state index contributed by atoms with van der Waals surface area (Å²) in [5.74, 6) is 0.454. The highest BCUT2D eigenvalue weighted by molar-refractivity contribution is 7.99. The van der Waals surface area contributed by atoms with Crippen LogP contribution in [0.4, 0.5) is 17.1 Å². The Bertz CT molecular complexity index is 1020. The summed E-state index contributed by atoms with van der Waals surface area (Å²) >= 11 is 1.46. The van der Waals surface area contributed by atoms with Crippen LogP contribution in [0, 0.1) is 10.1 Å². The van der Waals surface area contributed by atoms with Gasteiger partial charge in [0.25, 0.3) is 15.7 Å². The van der Waals surface area contributed by atoms with Crippen molar-refractivity contribution in [2.24, 2.45) is 0 Å². The van der Waals surface area contributed by atoms with Crippen LogP contribution in [0.25, 0.3) is 0 Å². The Morgan fingerprint density at radius 2 is 2.04 bits per heavy atom. The van der Waals surface area contributed by atoms with Gasteiger partial charge in [0.05, 0.1) is 34.4 Å². The summed E-state index contributed by atoms with van der Waals surface area (Å²) in [5.41, 5.74) is 0.275. The molecule has 0 aromatic heterocycles. The van der Waals surface area contributed by atoms with Gasteiger partial charge in [0, 0.05) is 23.1 Å². The van der Waals surface area contributed by atoms with Gasteiger partial charge in [-0.15, -0.1) is 11.8 Å². The first-order valence-corrected chi connectivity index (χ1v) is 10.2. The topological polar surface area (TPSA) is 128 Å². The van der Waals surface area contributed by atoms with Crippen LogP contribution in [-0.2, 0) is 14.8 Å². The minimum absolute atomic E-state index is 0.0198. The third-order valence-electron chi connectivity index (χ3n) is 3.76. The van der Waals surface area contributed by atoms with Crippen molar-refractivity contribution >= 4 is 44.8 Å². The number of sulfonamides is 1. The second kappa shape index (κ2) is 7.45. The monoisotopic (exact) mass is 409 g/mol. The van der Waals surface area contributed by atoms with E-state index in [9.17, 15) is 23.3 Å². The molecule has 1 heterocycles. The van der Waals surface area contributed by atoms with Crippen LogP contribution >= 0.6 is 11.8 Å². The van der Waals surface area contributed by atoms with E-state index in [4.69, 9.17) is 4.74 Å². The Morgan fingerprint density at radius 1 is 1.26 bits per heavy atom. The van der Waals surface area contributed by atoms with Crippen molar-refractivity contribution in [3.05, 3.63) is 46.5 Å². The average molecular weight is 409 g/mol. The van der Waals surface area contributed by atoms with Crippen molar-refractivity contribution in [2.75, 3.05) is 22.9 Å². The molecule has 0 bridgehead atoms. The minimum atomic E-state index is -4.00. The maximum atomic E-state index is 12.7. The van der Waals surface area contributed by atoms with Gasteiger partial charge >= 0.3 is 0 Å². The van der Waals surface area contributed by atoms with Gasteiger partial charge in [-0.1, -0.05) is 0 Å². The fourth-order valence-electron chi connectivity index (χ4n) is 2.45. The number of benzene rings is 2. The third-order valence-corrected chi connectivity index (χ3v) is 6.20. The van der Waals surface area contributed by atoms with Crippen molar-refractivity contribution < 1.29 is 22.9 Å². The molecule has 0 saturated carbocycles. The molecule has 142 valence electrons. The molecule has 0 fully saturated rings. The van der Waals surface area contributed by atoms with E-state index in [1.54, 1.807) is 6.07 Å². The Balaban J connectivity index is 1.94. The summed E-state index contributed by atoms with van der Waals surface area (Å²) in [5, 5.41) is 13.5. The fourth-order valence-corrected chi connectivity index (χ4v) is 4.48. The molecule has 1 aliphatic heterocycles. The molecule has 1 amide bonds. The maximum Gasteiger partial charge on any atom is 0.273 e. The number of carbonyl (C=O) groups excluding carboxylic acids is 1. The zero-order chi connectivity index (χ0) is 19.6. The Morgan fingerprint density at radius 3 is 2.74 bits per heavy atom. The lowest BCUT2D eigenvalue weighted by molar-refractivity contribution is -0.384. The smallest absolute Gasteiger partial charge is 0.273 e. The van der Waals surface area contributed by atoms with Gasteiger partial charge in [0.2, 0.25) is 5.91 Å². The van der Waals surface area contributed by atoms with Gasteiger partial charge in [-0.25, -0.2) is 8.42 Å². The highest BCUT2D eigenvalue weighted by Gasteiger charge is 2.21. The highest BCUT2D eigenvalue weighted by atomic mass is 32.2. The molecule has 9 nitrogen and oxygen atoms in total. The zero-order valence-electron chi connectivity index (χ0n) is 14.1. The third kappa shape index (κ3) is 4.14. The second-order valence-corrected chi connectivity index (χ2v) is 8.37. The first-order chi connectivity index (χ1) is 12.8. The number of methoxy groups -OCH3 is 1. The summed E-state index contributed by atoms with van der Waals surface area (Å²) in [7, 11) is -2.72. The van der Waals surface area contributed by atoms with Crippen LogP contribution in [0.1, 0.15) is 6.42 Å². The predicted molar refractivity (Wildman–Crippen MR) is 101 cm³/mol. The Labute approximate surface area is 159 Å². The van der Waals surface area contributed by atoms with Crippen LogP contribution in [0.2, 0.25) is 0 Å². The van der Waals surface area contributed by atoms with Crippen LogP contribution in [0.3, 0.4) is 0 Å². The molecule has 0 aliphatic carbocycles. The van der Waals surface area contributed by atoms with E-state index in [0.29, 0.717) is 17.9 Å². The lowest BCUT2D eigenvalue weighted by atomic mass is 10.2. The molecule has 0 saturated heterocycles. The first-order valence-electron chi connectivity index (χ1n) is 7.72. The van der Waals surface area contributed by atoms with Gasteiger partial charge in [0.1, 0.15) is 5.75 Å². The quantitative estimate of drug-likeness (QED) is 0.574. The van der Waals surface area contributed by atoms with Crippen molar-refractivity contribution in [3.63, 3.8) is 0 Å². The molecule has 27 heavy (non-hydrogen) atoms. The molecule has 2 aromatic rings. The summed E-state index contributed by atoms with van der Waals surface area (Å²) in [6, 6.07) is 8.01. The number of nitrogens with zero attached hydrogens (tertiary/aromatic N) is 1. The molecular weight excluding hydrogens is 394 g/mol. The number of nitro groups is 1. The van der Waals surface area contributed by atoms with E-state index in [2.05, 4.69) is 10.0 Å². The highest BCUT2D eigenvalue weighted by Crippen LogP contribution is 2.34. The van der Waals surface area contributed by atoms with Crippen LogP contribution in [-0.4, -0.2) is 32.1 Å². The standard InChI is InChI=1S/C16H15N3O6S2/c1-25-14-8-10(19(21)22)2-4-12(14)18-27(23,24)11-3-5-15-13(9-11)17-16(20)6-7-26-15/h2-5,8-9,18H,6-7H2,1H3,(H,17,20). The van der Waals surface area contributed by atoms with Crippen molar-refractivity contribution in [3.8, 4) is 5.75 Å². The molecule has 2 aromatic carbocycles. The molecule has 1 aliphatic rings. The lowest BCUT2D eigenvalue weighted by Gasteiger charge is -2.13. The predicted octanol–water partition coefficient (Wildman–Crippen LogP) is 2.84. The number of carbonyl (C=O) groups is 1. The van der Waals surface area contributed by atoms with E-state index >= 15 is 0 Å². The van der Waals surface area contributed by atoms with E-state index in [-0.39, 0.29) is 27.9 Å². The first kappa shape index (κ1) is 19.0. The van der Waals surface area contributed by atoms with Gasteiger partial charge in [0.15, 0.2) is 0 Å².